The van der Waals surface area contributed by atoms with Crippen LogP contribution in [0.4, 0.5) is 4.39 Å². The van der Waals surface area contributed by atoms with E-state index < -0.39 is 11.8 Å². The van der Waals surface area contributed by atoms with E-state index in [9.17, 15) is 14.3 Å². The van der Waals surface area contributed by atoms with Crippen LogP contribution >= 0.6 is 0 Å². The van der Waals surface area contributed by atoms with Crippen molar-refractivity contribution in [2.24, 2.45) is 0 Å². The van der Waals surface area contributed by atoms with Crippen LogP contribution in [0.1, 0.15) is 15.9 Å². The van der Waals surface area contributed by atoms with Crippen molar-refractivity contribution in [2.45, 2.75) is 6.92 Å². The molecule has 0 saturated carbocycles. The topological polar surface area (TPSA) is 46.5 Å². The van der Waals surface area contributed by atoms with E-state index >= 15 is 0 Å². The Bertz CT molecular complexity index is 635. The molecule has 0 spiro atoms. The number of rotatable bonds is 3. The molecule has 0 aliphatic rings. The summed E-state index contributed by atoms with van der Waals surface area (Å²) in [6.07, 6.45) is 0. The molecule has 3 nitrogen and oxygen atoms in total. The van der Waals surface area contributed by atoms with Gasteiger partial charge in [0.1, 0.15) is 11.6 Å². The second-order valence-electron chi connectivity index (χ2n) is 4.20. The summed E-state index contributed by atoms with van der Waals surface area (Å²) in [6.45, 7) is 1.79. The zero-order chi connectivity index (χ0) is 14.0. The van der Waals surface area contributed by atoms with Crippen molar-refractivity contribution < 1.29 is 19.0 Å². The number of carboxylic acid groups (broad SMARTS) is 1. The molecular formula is C15H13FO3. The fourth-order valence-electron chi connectivity index (χ4n) is 1.91. The number of ether oxygens (including phenoxy) is 1. The van der Waals surface area contributed by atoms with Crippen LogP contribution in [0.25, 0.3) is 11.1 Å². The highest BCUT2D eigenvalue weighted by Crippen LogP contribution is 2.29. The molecule has 0 amide bonds. The molecule has 0 radical (unpaired) electrons. The predicted molar refractivity (Wildman–Crippen MR) is 70.1 cm³/mol. The average Bonchev–Trinajstić information content (AvgIpc) is 2.39. The van der Waals surface area contributed by atoms with Crippen molar-refractivity contribution in [3.63, 3.8) is 0 Å². The molecule has 4 heteroatoms. The number of carboxylic acids is 1. The smallest absolute Gasteiger partial charge is 0.336 e. The van der Waals surface area contributed by atoms with E-state index in [1.165, 1.54) is 25.3 Å². The number of methoxy groups -OCH3 is 1. The molecule has 98 valence electrons. The first-order valence-corrected chi connectivity index (χ1v) is 5.71. The fraction of sp³-hybridized carbons (Fsp3) is 0.133. The lowest BCUT2D eigenvalue weighted by atomic mass is 9.97. The number of carbonyl (C=O) groups is 1. The second kappa shape index (κ2) is 5.10. The van der Waals surface area contributed by atoms with E-state index in [2.05, 4.69) is 0 Å². The molecule has 0 aliphatic heterocycles. The maximum Gasteiger partial charge on any atom is 0.336 e. The Hall–Kier alpha value is -2.36. The molecule has 2 aromatic rings. The van der Waals surface area contributed by atoms with Crippen LogP contribution in [-0.2, 0) is 0 Å². The van der Waals surface area contributed by atoms with Gasteiger partial charge < -0.3 is 9.84 Å². The van der Waals surface area contributed by atoms with Crippen LogP contribution < -0.4 is 4.74 Å². The number of hydrogen-bond acceptors (Lipinski definition) is 2. The minimum Gasteiger partial charge on any atom is -0.497 e. The Morgan fingerprint density at radius 3 is 2.42 bits per heavy atom. The summed E-state index contributed by atoms with van der Waals surface area (Å²) >= 11 is 0. The minimum atomic E-state index is -1.08. The summed E-state index contributed by atoms with van der Waals surface area (Å²) in [5.74, 6) is -1.19. The molecule has 19 heavy (non-hydrogen) atoms. The summed E-state index contributed by atoms with van der Waals surface area (Å²) in [5, 5.41) is 9.20. The molecular weight excluding hydrogens is 247 g/mol. The van der Waals surface area contributed by atoms with Crippen molar-refractivity contribution in [1.82, 2.24) is 0 Å². The van der Waals surface area contributed by atoms with Gasteiger partial charge in [0.05, 0.1) is 12.7 Å². The highest BCUT2D eigenvalue weighted by molar-refractivity contribution is 5.96. The monoisotopic (exact) mass is 260 g/mol. The quantitative estimate of drug-likeness (QED) is 0.918. The second-order valence-corrected chi connectivity index (χ2v) is 4.20. The average molecular weight is 260 g/mol. The molecule has 0 aromatic heterocycles. The Morgan fingerprint density at radius 2 is 1.84 bits per heavy atom. The molecule has 0 heterocycles. The lowest BCUT2D eigenvalue weighted by Gasteiger charge is -2.09. The number of halogens is 1. The highest BCUT2D eigenvalue weighted by atomic mass is 19.1. The SMILES string of the molecule is COc1ccc(-c2ccc(C)cc2C(=O)O)c(F)c1. The Kier molecular flexibility index (Phi) is 3.51. The first-order valence-electron chi connectivity index (χ1n) is 5.71. The largest absolute Gasteiger partial charge is 0.497 e. The van der Waals surface area contributed by atoms with Gasteiger partial charge in [-0.25, -0.2) is 9.18 Å². The van der Waals surface area contributed by atoms with Gasteiger partial charge in [-0.15, -0.1) is 0 Å². The van der Waals surface area contributed by atoms with E-state index in [0.29, 0.717) is 11.3 Å². The van der Waals surface area contributed by atoms with Gasteiger partial charge in [0, 0.05) is 11.6 Å². The van der Waals surface area contributed by atoms with Crippen molar-refractivity contribution in [2.75, 3.05) is 7.11 Å². The van der Waals surface area contributed by atoms with Gasteiger partial charge in [-0.3, -0.25) is 0 Å². The molecule has 0 aliphatic carbocycles. The van der Waals surface area contributed by atoms with Gasteiger partial charge in [0.25, 0.3) is 0 Å². The van der Waals surface area contributed by atoms with Crippen LogP contribution in [0.5, 0.6) is 5.75 Å². The molecule has 1 N–H and O–H groups in total. The minimum absolute atomic E-state index is 0.0871. The third-order valence-corrected chi connectivity index (χ3v) is 2.87. The van der Waals surface area contributed by atoms with Gasteiger partial charge in [-0.2, -0.15) is 0 Å². The number of benzene rings is 2. The van der Waals surface area contributed by atoms with Crippen molar-refractivity contribution in [1.29, 1.82) is 0 Å². The van der Waals surface area contributed by atoms with Crippen molar-refractivity contribution in [3.8, 4) is 16.9 Å². The summed E-state index contributed by atoms with van der Waals surface area (Å²) in [4.78, 5) is 11.2. The van der Waals surface area contributed by atoms with Gasteiger partial charge in [-0.05, 0) is 30.7 Å². The summed E-state index contributed by atoms with van der Waals surface area (Å²) in [6, 6.07) is 9.26. The Balaban J connectivity index is 2.62. The van der Waals surface area contributed by atoms with E-state index in [-0.39, 0.29) is 11.1 Å². The van der Waals surface area contributed by atoms with E-state index in [0.717, 1.165) is 5.56 Å². The lowest BCUT2D eigenvalue weighted by Crippen LogP contribution is -2.01. The summed E-state index contributed by atoms with van der Waals surface area (Å²) in [5.41, 5.74) is 1.51. The van der Waals surface area contributed by atoms with E-state index in [1.807, 2.05) is 0 Å². The van der Waals surface area contributed by atoms with Crippen LogP contribution in [-0.4, -0.2) is 18.2 Å². The summed E-state index contributed by atoms with van der Waals surface area (Å²) in [7, 11) is 1.45. The van der Waals surface area contributed by atoms with Gasteiger partial charge in [0.2, 0.25) is 0 Å². The first-order chi connectivity index (χ1) is 9.02. The van der Waals surface area contributed by atoms with Crippen LogP contribution in [0.3, 0.4) is 0 Å². The molecule has 0 saturated heterocycles. The molecule has 2 rings (SSSR count). The van der Waals surface area contributed by atoms with E-state index in [1.54, 1.807) is 25.1 Å². The van der Waals surface area contributed by atoms with Gasteiger partial charge in [-0.1, -0.05) is 17.7 Å². The number of aromatic carboxylic acids is 1. The van der Waals surface area contributed by atoms with E-state index in [4.69, 9.17) is 4.74 Å². The third kappa shape index (κ3) is 2.57. The molecule has 0 unspecified atom stereocenters. The zero-order valence-corrected chi connectivity index (χ0v) is 10.6. The number of aryl methyl sites for hydroxylation is 1. The zero-order valence-electron chi connectivity index (χ0n) is 10.6. The van der Waals surface area contributed by atoms with Gasteiger partial charge >= 0.3 is 5.97 Å². The molecule has 0 bridgehead atoms. The van der Waals surface area contributed by atoms with Crippen molar-refractivity contribution in [3.05, 3.63) is 53.3 Å². The van der Waals surface area contributed by atoms with Crippen LogP contribution in [0.2, 0.25) is 0 Å². The standard InChI is InChI=1S/C15H13FO3/c1-9-3-5-11(13(7-9)15(17)18)12-6-4-10(19-2)8-14(12)16/h3-8H,1-2H3,(H,17,18). The molecule has 0 atom stereocenters. The normalized spacial score (nSPS) is 10.3. The number of hydrogen-bond donors (Lipinski definition) is 1. The van der Waals surface area contributed by atoms with Gasteiger partial charge in [0.15, 0.2) is 0 Å². The summed E-state index contributed by atoms with van der Waals surface area (Å²) < 4.78 is 18.9. The Labute approximate surface area is 110 Å². The molecule has 2 aromatic carbocycles. The highest BCUT2D eigenvalue weighted by Gasteiger charge is 2.15. The lowest BCUT2D eigenvalue weighted by molar-refractivity contribution is 0.0697. The molecule has 0 fully saturated rings. The maximum absolute atomic E-state index is 14.0. The first kappa shape index (κ1) is 13.1. The Morgan fingerprint density at radius 1 is 1.16 bits per heavy atom. The predicted octanol–water partition coefficient (Wildman–Crippen LogP) is 3.51. The third-order valence-electron chi connectivity index (χ3n) is 2.87. The van der Waals surface area contributed by atoms with Crippen LogP contribution in [0.15, 0.2) is 36.4 Å². The van der Waals surface area contributed by atoms with Crippen LogP contribution in [0, 0.1) is 12.7 Å². The maximum atomic E-state index is 14.0. The fourth-order valence-corrected chi connectivity index (χ4v) is 1.91. The van der Waals surface area contributed by atoms with Crippen molar-refractivity contribution >= 4 is 5.97 Å².